The fourth-order valence-corrected chi connectivity index (χ4v) is 1.92. The number of fused-ring (bicyclic) bond motifs is 1. The molecule has 0 aliphatic rings. The molecule has 2 heterocycles. The van der Waals surface area contributed by atoms with Crippen molar-refractivity contribution in [2.75, 3.05) is 0 Å². The highest BCUT2D eigenvalue weighted by molar-refractivity contribution is 5.93. The van der Waals surface area contributed by atoms with Gasteiger partial charge in [-0.3, -0.25) is 4.79 Å². The standard InChI is InChI=1S/C13H17N5O3/c1-7(2)6-9(12(20)21)15-11(19)10-16-13-14-5-4-8(3)18(13)17-10/h4-5,7,9H,6H2,1-3H3,(H,15,19)(H,20,21)/t9-/m0/s1. The molecule has 8 heteroatoms. The number of rotatable bonds is 5. The van der Waals surface area contributed by atoms with Crippen LogP contribution in [0.15, 0.2) is 12.3 Å². The third-order valence-electron chi connectivity index (χ3n) is 2.94. The molecule has 0 spiro atoms. The Labute approximate surface area is 121 Å². The third kappa shape index (κ3) is 3.33. The van der Waals surface area contributed by atoms with Gasteiger partial charge in [-0.25, -0.2) is 14.3 Å². The first-order valence-corrected chi connectivity index (χ1v) is 6.60. The van der Waals surface area contributed by atoms with Gasteiger partial charge in [-0.2, -0.15) is 4.98 Å². The van der Waals surface area contributed by atoms with Gasteiger partial charge in [0.2, 0.25) is 5.82 Å². The first-order chi connectivity index (χ1) is 9.88. The van der Waals surface area contributed by atoms with Crippen molar-refractivity contribution >= 4 is 17.7 Å². The maximum Gasteiger partial charge on any atom is 0.326 e. The predicted molar refractivity (Wildman–Crippen MR) is 73.9 cm³/mol. The van der Waals surface area contributed by atoms with Crippen molar-refractivity contribution in [1.29, 1.82) is 0 Å². The summed E-state index contributed by atoms with van der Waals surface area (Å²) >= 11 is 0. The quantitative estimate of drug-likeness (QED) is 0.837. The fourth-order valence-electron chi connectivity index (χ4n) is 1.92. The molecular weight excluding hydrogens is 274 g/mol. The Hall–Kier alpha value is -2.51. The van der Waals surface area contributed by atoms with Crippen LogP contribution in [0, 0.1) is 12.8 Å². The molecule has 1 amide bonds. The second-order valence-electron chi connectivity index (χ2n) is 5.23. The summed E-state index contributed by atoms with van der Waals surface area (Å²) in [5.74, 6) is -1.34. The highest BCUT2D eigenvalue weighted by atomic mass is 16.4. The van der Waals surface area contributed by atoms with E-state index in [4.69, 9.17) is 5.11 Å². The molecule has 2 rings (SSSR count). The summed E-state index contributed by atoms with van der Waals surface area (Å²) < 4.78 is 1.44. The van der Waals surface area contributed by atoms with Crippen molar-refractivity contribution in [3.05, 3.63) is 23.8 Å². The number of aryl methyl sites for hydroxylation is 1. The van der Waals surface area contributed by atoms with Crippen LogP contribution < -0.4 is 5.32 Å². The zero-order chi connectivity index (χ0) is 15.6. The van der Waals surface area contributed by atoms with Crippen LogP contribution in [0.25, 0.3) is 5.78 Å². The largest absolute Gasteiger partial charge is 0.480 e. The van der Waals surface area contributed by atoms with Crippen LogP contribution in [0.1, 0.15) is 36.6 Å². The molecule has 0 aliphatic carbocycles. The predicted octanol–water partition coefficient (Wildman–Crippen LogP) is 0.662. The summed E-state index contributed by atoms with van der Waals surface area (Å²) in [7, 11) is 0. The molecule has 0 bridgehead atoms. The fraction of sp³-hybridized carbons (Fsp3) is 0.462. The number of carboxylic acids is 1. The molecule has 0 aromatic carbocycles. The lowest BCUT2D eigenvalue weighted by Crippen LogP contribution is -2.42. The molecule has 0 aliphatic heterocycles. The van der Waals surface area contributed by atoms with Gasteiger partial charge in [0.1, 0.15) is 6.04 Å². The lowest BCUT2D eigenvalue weighted by atomic mass is 10.0. The van der Waals surface area contributed by atoms with Crippen molar-refractivity contribution in [3.8, 4) is 0 Å². The van der Waals surface area contributed by atoms with Gasteiger partial charge in [0.05, 0.1) is 0 Å². The van der Waals surface area contributed by atoms with Crippen molar-refractivity contribution in [1.82, 2.24) is 24.9 Å². The Morgan fingerprint density at radius 2 is 2.14 bits per heavy atom. The van der Waals surface area contributed by atoms with Crippen molar-refractivity contribution in [3.63, 3.8) is 0 Å². The number of carboxylic acid groups (broad SMARTS) is 1. The summed E-state index contributed by atoms with van der Waals surface area (Å²) in [6.07, 6.45) is 1.91. The normalized spacial score (nSPS) is 12.6. The minimum Gasteiger partial charge on any atom is -0.480 e. The van der Waals surface area contributed by atoms with E-state index in [0.29, 0.717) is 12.2 Å². The van der Waals surface area contributed by atoms with Crippen LogP contribution in [0.2, 0.25) is 0 Å². The lowest BCUT2D eigenvalue weighted by molar-refractivity contribution is -0.139. The maximum absolute atomic E-state index is 12.1. The Morgan fingerprint density at radius 1 is 1.43 bits per heavy atom. The van der Waals surface area contributed by atoms with Crippen molar-refractivity contribution < 1.29 is 14.7 Å². The van der Waals surface area contributed by atoms with E-state index in [1.807, 2.05) is 20.8 Å². The Kier molecular flexibility index (Phi) is 4.15. The molecule has 0 fully saturated rings. The number of carbonyl (C=O) groups excluding carboxylic acids is 1. The van der Waals surface area contributed by atoms with Gasteiger partial charge in [0, 0.05) is 11.9 Å². The molecule has 0 unspecified atom stereocenters. The molecule has 2 aromatic rings. The molecule has 112 valence electrons. The molecule has 0 radical (unpaired) electrons. The van der Waals surface area contributed by atoms with Gasteiger partial charge in [-0.1, -0.05) is 13.8 Å². The van der Waals surface area contributed by atoms with Crippen LogP contribution >= 0.6 is 0 Å². The highest BCUT2D eigenvalue weighted by Gasteiger charge is 2.24. The molecule has 2 N–H and O–H groups in total. The number of aromatic nitrogens is 4. The average Bonchev–Trinajstić information content (AvgIpc) is 2.82. The minimum absolute atomic E-state index is 0.0909. The van der Waals surface area contributed by atoms with Gasteiger partial charge in [0.25, 0.3) is 11.7 Å². The summed E-state index contributed by atoms with van der Waals surface area (Å²) in [5.41, 5.74) is 0.781. The second kappa shape index (κ2) is 5.86. The number of hydrogen-bond acceptors (Lipinski definition) is 5. The average molecular weight is 291 g/mol. The topological polar surface area (TPSA) is 109 Å². The summed E-state index contributed by atoms with van der Waals surface area (Å²) in [5, 5.41) is 15.6. The van der Waals surface area contributed by atoms with E-state index < -0.39 is 17.9 Å². The Morgan fingerprint density at radius 3 is 2.71 bits per heavy atom. The van der Waals surface area contributed by atoms with Crippen LogP contribution in [0.3, 0.4) is 0 Å². The smallest absolute Gasteiger partial charge is 0.326 e. The number of hydrogen-bond donors (Lipinski definition) is 2. The van der Waals surface area contributed by atoms with Crippen LogP contribution in [-0.2, 0) is 4.79 Å². The zero-order valence-electron chi connectivity index (χ0n) is 12.1. The SMILES string of the molecule is Cc1ccnc2nc(C(=O)N[C@@H](CC(C)C)C(=O)O)nn12. The lowest BCUT2D eigenvalue weighted by Gasteiger charge is -2.15. The van der Waals surface area contributed by atoms with E-state index in [1.54, 1.807) is 12.3 Å². The Bertz CT molecular complexity index is 679. The summed E-state index contributed by atoms with van der Waals surface area (Å²) in [4.78, 5) is 31.2. The molecule has 1 atom stereocenters. The summed E-state index contributed by atoms with van der Waals surface area (Å²) in [6.45, 7) is 5.58. The van der Waals surface area contributed by atoms with Gasteiger partial charge in [0.15, 0.2) is 0 Å². The van der Waals surface area contributed by atoms with Crippen LogP contribution in [0.4, 0.5) is 0 Å². The van der Waals surface area contributed by atoms with E-state index in [9.17, 15) is 9.59 Å². The molecular formula is C13H17N5O3. The highest BCUT2D eigenvalue weighted by Crippen LogP contribution is 2.07. The van der Waals surface area contributed by atoms with E-state index in [-0.39, 0.29) is 11.7 Å². The van der Waals surface area contributed by atoms with Crippen molar-refractivity contribution in [2.45, 2.75) is 33.2 Å². The Balaban J connectivity index is 2.21. The van der Waals surface area contributed by atoms with Gasteiger partial charge in [-0.15, -0.1) is 5.10 Å². The zero-order valence-corrected chi connectivity index (χ0v) is 12.1. The molecule has 2 aromatic heterocycles. The van der Waals surface area contributed by atoms with Gasteiger partial charge < -0.3 is 10.4 Å². The molecule has 0 saturated carbocycles. The molecule has 21 heavy (non-hydrogen) atoms. The first kappa shape index (κ1) is 14.9. The van der Waals surface area contributed by atoms with E-state index in [2.05, 4.69) is 20.4 Å². The third-order valence-corrected chi connectivity index (χ3v) is 2.94. The first-order valence-electron chi connectivity index (χ1n) is 6.60. The summed E-state index contributed by atoms with van der Waals surface area (Å²) in [6, 6.07) is 0.778. The monoisotopic (exact) mass is 291 g/mol. The van der Waals surface area contributed by atoms with Gasteiger partial charge >= 0.3 is 5.97 Å². The van der Waals surface area contributed by atoms with E-state index >= 15 is 0 Å². The van der Waals surface area contributed by atoms with Gasteiger partial charge in [-0.05, 0) is 25.3 Å². The molecule has 8 nitrogen and oxygen atoms in total. The number of carbonyl (C=O) groups is 2. The number of amides is 1. The second-order valence-corrected chi connectivity index (χ2v) is 5.23. The number of nitrogens with zero attached hydrogens (tertiary/aromatic N) is 4. The maximum atomic E-state index is 12.1. The number of nitrogens with one attached hydrogen (secondary N) is 1. The van der Waals surface area contributed by atoms with E-state index in [1.165, 1.54) is 4.52 Å². The van der Waals surface area contributed by atoms with Crippen molar-refractivity contribution in [2.24, 2.45) is 5.92 Å². The molecule has 0 saturated heterocycles. The van der Waals surface area contributed by atoms with E-state index in [0.717, 1.165) is 5.69 Å². The van der Waals surface area contributed by atoms with Crippen LogP contribution in [0.5, 0.6) is 0 Å². The number of aliphatic carboxylic acids is 1. The minimum atomic E-state index is -1.07. The van der Waals surface area contributed by atoms with Crippen LogP contribution in [-0.4, -0.2) is 42.6 Å².